The minimum Gasteiger partial charge on any atom is -0.486 e. The van der Waals surface area contributed by atoms with Crippen molar-refractivity contribution in [2.24, 2.45) is 0 Å². The number of nitrogens with one attached hydrogen (secondary N) is 2. The first-order chi connectivity index (χ1) is 9.86. The first-order valence-electron chi connectivity index (χ1n) is 6.52. The van der Waals surface area contributed by atoms with E-state index in [-0.39, 0.29) is 0 Å². The highest BCUT2D eigenvalue weighted by Gasteiger charge is 2.15. The summed E-state index contributed by atoms with van der Waals surface area (Å²) in [6.45, 7) is 2.73. The van der Waals surface area contributed by atoms with E-state index < -0.39 is 0 Å². The second-order valence-electron chi connectivity index (χ2n) is 4.45. The number of hydrogen-bond donors (Lipinski definition) is 2. The lowest BCUT2D eigenvalue weighted by molar-refractivity contribution is 0.171. The average Bonchev–Trinajstić information content (AvgIpc) is 3.00. The molecule has 0 saturated heterocycles. The number of nitrogens with zero attached hydrogens (tertiary/aromatic N) is 1. The van der Waals surface area contributed by atoms with Crippen LogP contribution in [0, 0.1) is 0 Å². The van der Waals surface area contributed by atoms with Crippen LogP contribution in [0.5, 0.6) is 11.5 Å². The summed E-state index contributed by atoms with van der Waals surface area (Å²) < 4.78 is 11.2. The number of hydrogen-bond acceptors (Lipinski definition) is 5. The molecule has 1 aliphatic rings. The van der Waals surface area contributed by atoms with Crippen molar-refractivity contribution < 1.29 is 9.47 Å². The van der Waals surface area contributed by atoms with Gasteiger partial charge in [-0.25, -0.2) is 4.98 Å². The monoisotopic (exact) mass is 291 g/mol. The van der Waals surface area contributed by atoms with E-state index in [4.69, 9.17) is 9.47 Å². The predicted molar refractivity (Wildman–Crippen MR) is 78.3 cm³/mol. The zero-order valence-electron chi connectivity index (χ0n) is 11.3. The highest BCUT2D eigenvalue weighted by Crippen LogP contribution is 2.36. The normalized spacial score (nSPS) is 13.4. The van der Waals surface area contributed by atoms with Gasteiger partial charge in [-0.15, -0.1) is 11.8 Å². The van der Waals surface area contributed by atoms with Crippen LogP contribution >= 0.6 is 11.8 Å². The number of rotatable bonds is 5. The maximum Gasteiger partial charge on any atom is 0.162 e. The van der Waals surface area contributed by atoms with E-state index in [1.165, 1.54) is 10.5 Å². The Balaban J connectivity index is 1.71. The van der Waals surface area contributed by atoms with Gasteiger partial charge in [0.2, 0.25) is 0 Å². The Bertz CT molecular complexity index is 572. The smallest absolute Gasteiger partial charge is 0.162 e. The van der Waals surface area contributed by atoms with Crippen molar-refractivity contribution >= 4 is 11.8 Å². The number of aromatic nitrogens is 2. The molecule has 0 bridgehead atoms. The minimum atomic E-state index is 0.616. The SMILES string of the molecule is CSc1cc2c(cc1CNCc1ncc[nH]1)OCCO2. The molecule has 0 atom stereocenters. The van der Waals surface area contributed by atoms with Crippen molar-refractivity contribution in [3.05, 3.63) is 35.9 Å². The van der Waals surface area contributed by atoms with Gasteiger partial charge in [-0.2, -0.15) is 0 Å². The zero-order chi connectivity index (χ0) is 13.8. The number of ether oxygens (including phenoxy) is 2. The van der Waals surface area contributed by atoms with E-state index in [2.05, 4.69) is 33.7 Å². The molecule has 0 saturated carbocycles. The molecular weight excluding hydrogens is 274 g/mol. The van der Waals surface area contributed by atoms with Crippen LogP contribution < -0.4 is 14.8 Å². The summed E-state index contributed by atoms with van der Waals surface area (Å²) in [6, 6.07) is 4.12. The fraction of sp³-hybridized carbons (Fsp3) is 0.357. The molecule has 0 spiro atoms. The molecule has 0 radical (unpaired) electrons. The van der Waals surface area contributed by atoms with Gasteiger partial charge in [0.25, 0.3) is 0 Å². The van der Waals surface area contributed by atoms with E-state index in [0.29, 0.717) is 13.2 Å². The van der Waals surface area contributed by atoms with Crippen LogP contribution in [0.3, 0.4) is 0 Å². The average molecular weight is 291 g/mol. The molecule has 2 aromatic rings. The highest BCUT2D eigenvalue weighted by atomic mass is 32.2. The van der Waals surface area contributed by atoms with Gasteiger partial charge in [0.15, 0.2) is 11.5 Å². The van der Waals surface area contributed by atoms with Crippen molar-refractivity contribution in [3.8, 4) is 11.5 Å². The Kier molecular flexibility index (Phi) is 4.13. The molecule has 106 valence electrons. The fourth-order valence-electron chi connectivity index (χ4n) is 2.15. The van der Waals surface area contributed by atoms with Crippen LogP contribution in [0.2, 0.25) is 0 Å². The van der Waals surface area contributed by atoms with Gasteiger partial charge >= 0.3 is 0 Å². The number of aromatic amines is 1. The van der Waals surface area contributed by atoms with E-state index in [9.17, 15) is 0 Å². The number of fused-ring (bicyclic) bond motifs is 1. The minimum absolute atomic E-state index is 0.616. The maximum absolute atomic E-state index is 5.64. The second kappa shape index (κ2) is 6.19. The van der Waals surface area contributed by atoms with E-state index >= 15 is 0 Å². The first kappa shape index (κ1) is 13.3. The van der Waals surface area contributed by atoms with Gasteiger partial charge in [0, 0.05) is 23.8 Å². The third-order valence-electron chi connectivity index (χ3n) is 3.11. The summed E-state index contributed by atoms with van der Waals surface area (Å²) in [5.41, 5.74) is 1.22. The Morgan fingerprint density at radius 3 is 2.75 bits per heavy atom. The van der Waals surface area contributed by atoms with Crippen LogP contribution in [-0.2, 0) is 13.1 Å². The van der Waals surface area contributed by atoms with Crippen LogP contribution in [0.25, 0.3) is 0 Å². The largest absolute Gasteiger partial charge is 0.486 e. The predicted octanol–water partition coefficient (Wildman–Crippen LogP) is 2.19. The Hall–Kier alpha value is -1.66. The quantitative estimate of drug-likeness (QED) is 0.827. The van der Waals surface area contributed by atoms with E-state index in [1.807, 2.05) is 6.20 Å². The number of benzene rings is 1. The number of imidazole rings is 1. The molecular formula is C14H17N3O2S. The number of thioether (sulfide) groups is 1. The van der Waals surface area contributed by atoms with Gasteiger partial charge in [-0.1, -0.05) is 0 Å². The van der Waals surface area contributed by atoms with Gasteiger partial charge in [-0.3, -0.25) is 0 Å². The molecule has 0 amide bonds. The lowest BCUT2D eigenvalue weighted by atomic mass is 10.2. The lowest BCUT2D eigenvalue weighted by Gasteiger charge is -2.20. The summed E-state index contributed by atoms with van der Waals surface area (Å²) in [7, 11) is 0. The van der Waals surface area contributed by atoms with Gasteiger partial charge < -0.3 is 19.8 Å². The summed E-state index contributed by atoms with van der Waals surface area (Å²) >= 11 is 1.72. The van der Waals surface area contributed by atoms with Crippen molar-refractivity contribution in [1.29, 1.82) is 0 Å². The Morgan fingerprint density at radius 1 is 1.25 bits per heavy atom. The first-order valence-corrected chi connectivity index (χ1v) is 7.75. The fourth-order valence-corrected chi connectivity index (χ4v) is 2.77. The molecule has 6 heteroatoms. The highest BCUT2D eigenvalue weighted by molar-refractivity contribution is 7.98. The van der Waals surface area contributed by atoms with Crippen LogP contribution in [0.15, 0.2) is 29.4 Å². The molecule has 2 heterocycles. The third kappa shape index (κ3) is 2.91. The van der Waals surface area contributed by atoms with Crippen molar-refractivity contribution in [3.63, 3.8) is 0 Å². The topological polar surface area (TPSA) is 59.2 Å². The van der Waals surface area contributed by atoms with Gasteiger partial charge in [0.1, 0.15) is 19.0 Å². The molecule has 3 rings (SSSR count). The summed E-state index contributed by atoms with van der Waals surface area (Å²) in [5.74, 6) is 2.62. The molecule has 0 unspecified atom stereocenters. The second-order valence-corrected chi connectivity index (χ2v) is 5.30. The molecule has 5 nitrogen and oxygen atoms in total. The van der Waals surface area contributed by atoms with Crippen LogP contribution in [0.1, 0.15) is 11.4 Å². The van der Waals surface area contributed by atoms with Crippen molar-refractivity contribution in [2.45, 2.75) is 18.0 Å². The Morgan fingerprint density at radius 2 is 2.05 bits per heavy atom. The lowest BCUT2D eigenvalue weighted by Crippen LogP contribution is -2.17. The number of H-pyrrole nitrogens is 1. The molecule has 2 N–H and O–H groups in total. The Labute approximate surface area is 122 Å². The third-order valence-corrected chi connectivity index (χ3v) is 3.93. The molecule has 0 fully saturated rings. The molecule has 1 aliphatic heterocycles. The molecule has 1 aromatic carbocycles. The summed E-state index contributed by atoms with van der Waals surface area (Å²) in [5, 5.41) is 3.38. The van der Waals surface area contributed by atoms with Crippen LogP contribution in [-0.4, -0.2) is 29.4 Å². The van der Waals surface area contributed by atoms with Crippen LogP contribution in [0.4, 0.5) is 0 Å². The van der Waals surface area contributed by atoms with E-state index in [1.54, 1.807) is 18.0 Å². The summed E-state index contributed by atoms with van der Waals surface area (Å²) in [6.07, 6.45) is 5.66. The zero-order valence-corrected chi connectivity index (χ0v) is 12.1. The maximum atomic E-state index is 5.64. The van der Waals surface area contributed by atoms with Crippen molar-refractivity contribution in [1.82, 2.24) is 15.3 Å². The summed E-state index contributed by atoms with van der Waals surface area (Å²) in [4.78, 5) is 8.48. The molecule has 0 aliphatic carbocycles. The van der Waals surface area contributed by atoms with Gasteiger partial charge in [0.05, 0.1) is 6.54 Å². The standard InChI is InChI=1S/C14H17N3O2S/c1-20-13-7-12-11(18-4-5-19-12)6-10(13)8-15-9-14-16-2-3-17-14/h2-3,6-7,15H,4-5,8-9H2,1H3,(H,16,17). The molecule has 20 heavy (non-hydrogen) atoms. The van der Waals surface area contributed by atoms with Crippen molar-refractivity contribution in [2.75, 3.05) is 19.5 Å². The molecule has 1 aromatic heterocycles. The van der Waals surface area contributed by atoms with Gasteiger partial charge in [-0.05, 0) is 24.0 Å². The van der Waals surface area contributed by atoms with E-state index in [0.717, 1.165) is 30.4 Å².